The van der Waals surface area contributed by atoms with Crippen molar-refractivity contribution in [3.63, 3.8) is 0 Å². The fourth-order valence-electron chi connectivity index (χ4n) is 2.66. The van der Waals surface area contributed by atoms with Gasteiger partial charge in [0.15, 0.2) is 0 Å². The second-order valence-electron chi connectivity index (χ2n) is 6.10. The molecule has 0 saturated carbocycles. The zero-order valence-corrected chi connectivity index (χ0v) is 14.0. The van der Waals surface area contributed by atoms with E-state index in [0.29, 0.717) is 13.0 Å². The van der Waals surface area contributed by atoms with E-state index in [2.05, 4.69) is 28.8 Å². The number of fused-ring (bicyclic) bond motifs is 1. The molecule has 0 fully saturated rings. The molecule has 2 amide bonds. The van der Waals surface area contributed by atoms with Crippen molar-refractivity contribution < 1.29 is 13.2 Å². The molecule has 0 bridgehead atoms. The average molecular weight is 324 g/mol. The van der Waals surface area contributed by atoms with Crippen LogP contribution in [0.5, 0.6) is 0 Å². The summed E-state index contributed by atoms with van der Waals surface area (Å²) in [7, 11) is -2.99. The fraction of sp³-hybridized carbons (Fsp3) is 0.562. The van der Waals surface area contributed by atoms with Crippen molar-refractivity contribution in [1.29, 1.82) is 0 Å². The number of benzene rings is 1. The minimum atomic E-state index is -2.99. The molecule has 0 saturated heterocycles. The van der Waals surface area contributed by atoms with Crippen molar-refractivity contribution in [2.45, 2.75) is 45.2 Å². The number of nitrogens with one attached hydrogen (secondary N) is 2. The van der Waals surface area contributed by atoms with Crippen LogP contribution in [0.25, 0.3) is 0 Å². The van der Waals surface area contributed by atoms with Crippen LogP contribution in [0.1, 0.15) is 36.5 Å². The van der Waals surface area contributed by atoms with Crippen molar-refractivity contribution >= 4 is 15.9 Å². The number of carbonyl (C=O) groups excluding carboxylic acids is 1. The van der Waals surface area contributed by atoms with Crippen LogP contribution >= 0.6 is 0 Å². The first-order valence-electron chi connectivity index (χ1n) is 7.66. The second kappa shape index (κ2) is 7.13. The Hall–Kier alpha value is -1.56. The zero-order valence-electron chi connectivity index (χ0n) is 13.2. The Morgan fingerprint density at radius 3 is 2.73 bits per heavy atom. The minimum absolute atomic E-state index is 0.0826. The van der Waals surface area contributed by atoms with Gasteiger partial charge in [-0.1, -0.05) is 18.2 Å². The number of carbonyl (C=O) groups is 1. The van der Waals surface area contributed by atoms with Crippen LogP contribution in [-0.4, -0.2) is 32.5 Å². The molecule has 0 radical (unpaired) electrons. The van der Waals surface area contributed by atoms with Gasteiger partial charge in [0.1, 0.15) is 9.84 Å². The van der Waals surface area contributed by atoms with Crippen LogP contribution < -0.4 is 10.6 Å². The van der Waals surface area contributed by atoms with Gasteiger partial charge in [-0.15, -0.1) is 0 Å². The summed E-state index contributed by atoms with van der Waals surface area (Å²) in [4.78, 5) is 11.8. The molecule has 5 nitrogen and oxygen atoms in total. The molecular formula is C16H24N2O3S. The highest BCUT2D eigenvalue weighted by Gasteiger charge is 2.12. The van der Waals surface area contributed by atoms with Gasteiger partial charge in [-0.3, -0.25) is 0 Å². The average Bonchev–Trinajstić information content (AvgIpc) is 2.89. The van der Waals surface area contributed by atoms with E-state index >= 15 is 0 Å². The standard InChI is InChI=1S/C16H24N2O3S/c1-12(8-9-22(2,20)21)18-16(19)17-11-13-6-7-14-4-3-5-15(14)10-13/h6-7,10,12H,3-5,8-9,11H2,1-2H3,(H2,17,18,19). The molecule has 2 N–H and O–H groups in total. The highest BCUT2D eigenvalue weighted by Crippen LogP contribution is 2.22. The Bertz CT molecular complexity index is 641. The molecular weight excluding hydrogens is 300 g/mol. The fourth-order valence-corrected chi connectivity index (χ4v) is 3.44. The maximum atomic E-state index is 11.8. The van der Waals surface area contributed by atoms with Crippen molar-refractivity contribution in [3.05, 3.63) is 34.9 Å². The van der Waals surface area contributed by atoms with E-state index in [-0.39, 0.29) is 17.8 Å². The summed E-state index contributed by atoms with van der Waals surface area (Å²) in [5, 5.41) is 5.58. The van der Waals surface area contributed by atoms with Crippen molar-refractivity contribution in [2.24, 2.45) is 0 Å². The van der Waals surface area contributed by atoms with Crippen molar-refractivity contribution in [1.82, 2.24) is 10.6 Å². The number of amides is 2. The van der Waals surface area contributed by atoms with Gasteiger partial charge in [0.05, 0.1) is 5.75 Å². The third-order valence-corrected chi connectivity index (χ3v) is 4.89. The molecule has 1 atom stereocenters. The van der Waals surface area contributed by atoms with Gasteiger partial charge < -0.3 is 10.6 Å². The maximum Gasteiger partial charge on any atom is 0.315 e. The Labute approximate surface area is 132 Å². The summed E-state index contributed by atoms with van der Waals surface area (Å²) in [5.74, 6) is 0.0826. The van der Waals surface area contributed by atoms with E-state index in [4.69, 9.17) is 0 Å². The minimum Gasteiger partial charge on any atom is -0.336 e. The normalized spacial score (nSPS) is 15.2. The molecule has 1 aliphatic rings. The van der Waals surface area contributed by atoms with Crippen LogP contribution in [0.4, 0.5) is 4.79 Å². The summed E-state index contributed by atoms with van der Waals surface area (Å²) in [6, 6.07) is 5.93. The lowest BCUT2D eigenvalue weighted by Gasteiger charge is -2.14. The monoisotopic (exact) mass is 324 g/mol. The van der Waals surface area contributed by atoms with E-state index in [0.717, 1.165) is 18.4 Å². The lowest BCUT2D eigenvalue weighted by Crippen LogP contribution is -2.41. The molecule has 1 aliphatic carbocycles. The number of aryl methyl sites for hydroxylation is 2. The predicted molar refractivity (Wildman–Crippen MR) is 87.6 cm³/mol. The van der Waals surface area contributed by atoms with E-state index < -0.39 is 9.84 Å². The lowest BCUT2D eigenvalue weighted by molar-refractivity contribution is 0.237. The van der Waals surface area contributed by atoms with E-state index in [1.54, 1.807) is 6.92 Å². The Morgan fingerprint density at radius 1 is 1.27 bits per heavy atom. The molecule has 1 aromatic rings. The number of hydrogen-bond acceptors (Lipinski definition) is 3. The largest absolute Gasteiger partial charge is 0.336 e. The molecule has 122 valence electrons. The van der Waals surface area contributed by atoms with Crippen LogP contribution in [-0.2, 0) is 29.2 Å². The van der Waals surface area contributed by atoms with Crippen LogP contribution in [0.2, 0.25) is 0 Å². The first kappa shape index (κ1) is 16.8. The van der Waals surface area contributed by atoms with Crippen LogP contribution in [0.15, 0.2) is 18.2 Å². The van der Waals surface area contributed by atoms with E-state index in [9.17, 15) is 13.2 Å². The van der Waals surface area contributed by atoms with Gasteiger partial charge in [-0.05, 0) is 49.3 Å². The molecule has 0 spiro atoms. The van der Waals surface area contributed by atoms with E-state index in [1.165, 1.54) is 23.8 Å². The Balaban J connectivity index is 1.75. The van der Waals surface area contributed by atoms with E-state index in [1.807, 2.05) is 0 Å². The summed E-state index contributed by atoms with van der Waals surface area (Å²) in [5.41, 5.74) is 3.91. The Morgan fingerprint density at radius 2 is 2.00 bits per heavy atom. The molecule has 6 heteroatoms. The highest BCUT2D eigenvalue weighted by molar-refractivity contribution is 7.90. The summed E-state index contributed by atoms with van der Waals surface area (Å²) in [6.45, 7) is 2.29. The molecule has 22 heavy (non-hydrogen) atoms. The maximum absolute atomic E-state index is 11.8. The number of urea groups is 1. The molecule has 1 unspecified atom stereocenters. The van der Waals surface area contributed by atoms with Gasteiger partial charge in [0.25, 0.3) is 0 Å². The SMILES string of the molecule is CC(CCS(C)(=O)=O)NC(=O)NCc1ccc2c(c1)CCC2. The van der Waals surface area contributed by atoms with Gasteiger partial charge in [0, 0.05) is 18.8 Å². The summed E-state index contributed by atoms with van der Waals surface area (Å²) < 4.78 is 22.2. The smallest absolute Gasteiger partial charge is 0.315 e. The van der Waals surface area contributed by atoms with Gasteiger partial charge in [0.2, 0.25) is 0 Å². The number of rotatable bonds is 6. The molecule has 1 aromatic carbocycles. The van der Waals surface area contributed by atoms with Crippen molar-refractivity contribution in [2.75, 3.05) is 12.0 Å². The van der Waals surface area contributed by atoms with Crippen LogP contribution in [0, 0.1) is 0 Å². The zero-order chi connectivity index (χ0) is 16.2. The van der Waals surface area contributed by atoms with Gasteiger partial charge >= 0.3 is 6.03 Å². The summed E-state index contributed by atoms with van der Waals surface area (Å²) in [6.07, 6.45) is 5.11. The molecule has 0 heterocycles. The third kappa shape index (κ3) is 5.33. The second-order valence-corrected chi connectivity index (χ2v) is 8.36. The number of sulfone groups is 1. The lowest BCUT2D eigenvalue weighted by atomic mass is 10.1. The molecule has 2 rings (SSSR count). The predicted octanol–water partition coefficient (Wildman–Crippen LogP) is 1.80. The molecule has 0 aromatic heterocycles. The first-order chi connectivity index (χ1) is 10.3. The quantitative estimate of drug-likeness (QED) is 0.838. The molecule has 0 aliphatic heterocycles. The first-order valence-corrected chi connectivity index (χ1v) is 9.72. The topological polar surface area (TPSA) is 75.3 Å². The Kier molecular flexibility index (Phi) is 5.45. The van der Waals surface area contributed by atoms with Gasteiger partial charge in [-0.2, -0.15) is 0 Å². The summed E-state index contributed by atoms with van der Waals surface area (Å²) >= 11 is 0. The third-order valence-electron chi connectivity index (χ3n) is 3.92. The van der Waals surface area contributed by atoms with Crippen LogP contribution in [0.3, 0.4) is 0 Å². The number of hydrogen-bond donors (Lipinski definition) is 2. The highest BCUT2D eigenvalue weighted by atomic mass is 32.2. The van der Waals surface area contributed by atoms with Gasteiger partial charge in [-0.25, -0.2) is 13.2 Å². The van der Waals surface area contributed by atoms with Crippen molar-refractivity contribution in [3.8, 4) is 0 Å².